The number of anilines is 1. The molecule has 0 bridgehead atoms. The van der Waals surface area contributed by atoms with Crippen molar-refractivity contribution in [3.8, 4) is 0 Å². The largest absolute Gasteiger partial charge is 0.323 e. The minimum Gasteiger partial charge on any atom is -0.323 e. The summed E-state index contributed by atoms with van der Waals surface area (Å²) in [5.74, 6) is -0.0564. The summed E-state index contributed by atoms with van der Waals surface area (Å²) < 4.78 is 0. The van der Waals surface area contributed by atoms with Crippen molar-refractivity contribution in [2.75, 3.05) is 5.32 Å². The lowest BCUT2D eigenvalue weighted by Gasteiger charge is -2.17. The number of rotatable bonds is 3. The second-order valence-electron chi connectivity index (χ2n) is 5.54. The van der Waals surface area contributed by atoms with Crippen molar-refractivity contribution in [1.82, 2.24) is 4.98 Å². The highest BCUT2D eigenvalue weighted by Crippen LogP contribution is 2.27. The van der Waals surface area contributed by atoms with Crippen LogP contribution in [0.15, 0.2) is 6.07 Å². The molecule has 0 atom stereocenters. The number of aryl methyl sites for hydroxylation is 1. The monoisotopic (exact) mass is 288 g/mol. The van der Waals surface area contributed by atoms with Gasteiger partial charge in [0.1, 0.15) is 5.15 Å². The third kappa shape index (κ3) is 4.83. The zero-order valence-electron chi connectivity index (χ0n) is 11.1. The molecule has 0 fully saturated rings. The highest BCUT2D eigenvalue weighted by molar-refractivity contribution is 6.34. The number of hydrogen-bond acceptors (Lipinski definition) is 2. The van der Waals surface area contributed by atoms with Crippen LogP contribution in [0.4, 0.5) is 5.69 Å². The van der Waals surface area contributed by atoms with E-state index >= 15 is 0 Å². The van der Waals surface area contributed by atoms with Crippen LogP contribution in [-0.4, -0.2) is 10.9 Å². The van der Waals surface area contributed by atoms with E-state index in [2.05, 4.69) is 31.1 Å². The molecule has 18 heavy (non-hydrogen) atoms. The standard InChI is InChI=1S/C13H18Cl2N2O/c1-8-7-9(14)16-12(15)11(8)17-10(18)5-6-13(2,3)4/h7H,5-6H2,1-4H3,(H,17,18). The molecular weight excluding hydrogens is 271 g/mol. The Hall–Kier alpha value is -0.800. The molecule has 0 aliphatic rings. The van der Waals surface area contributed by atoms with E-state index in [0.717, 1.165) is 12.0 Å². The number of carbonyl (C=O) groups is 1. The van der Waals surface area contributed by atoms with Crippen molar-refractivity contribution in [2.45, 2.75) is 40.5 Å². The van der Waals surface area contributed by atoms with Crippen LogP contribution in [0.25, 0.3) is 0 Å². The average molecular weight is 289 g/mol. The zero-order chi connectivity index (χ0) is 13.9. The molecule has 1 aromatic rings. The van der Waals surface area contributed by atoms with E-state index < -0.39 is 0 Å². The van der Waals surface area contributed by atoms with Crippen LogP contribution in [0.5, 0.6) is 0 Å². The molecule has 1 aromatic heterocycles. The van der Waals surface area contributed by atoms with Gasteiger partial charge in [0, 0.05) is 6.42 Å². The van der Waals surface area contributed by atoms with Crippen molar-refractivity contribution >= 4 is 34.8 Å². The Morgan fingerprint density at radius 3 is 2.50 bits per heavy atom. The topological polar surface area (TPSA) is 42.0 Å². The molecule has 0 aliphatic carbocycles. The normalized spacial score (nSPS) is 11.4. The average Bonchev–Trinajstić information content (AvgIpc) is 2.19. The molecule has 0 aromatic carbocycles. The Morgan fingerprint density at radius 1 is 1.39 bits per heavy atom. The van der Waals surface area contributed by atoms with Gasteiger partial charge in [-0.05, 0) is 30.4 Å². The third-order valence-electron chi connectivity index (χ3n) is 2.51. The van der Waals surface area contributed by atoms with Crippen molar-refractivity contribution < 1.29 is 4.79 Å². The Labute approximate surface area is 118 Å². The Morgan fingerprint density at radius 2 is 2.00 bits per heavy atom. The van der Waals surface area contributed by atoms with Gasteiger partial charge < -0.3 is 5.32 Å². The smallest absolute Gasteiger partial charge is 0.224 e. The maximum atomic E-state index is 11.8. The van der Waals surface area contributed by atoms with E-state index in [0.29, 0.717) is 17.3 Å². The predicted molar refractivity (Wildman–Crippen MR) is 76.3 cm³/mol. The molecule has 0 saturated carbocycles. The van der Waals surface area contributed by atoms with E-state index in [4.69, 9.17) is 23.2 Å². The number of aromatic nitrogens is 1. The van der Waals surface area contributed by atoms with Gasteiger partial charge in [0.05, 0.1) is 5.69 Å². The molecule has 1 amide bonds. The van der Waals surface area contributed by atoms with Gasteiger partial charge in [-0.1, -0.05) is 44.0 Å². The number of halogens is 2. The van der Waals surface area contributed by atoms with Crippen molar-refractivity contribution in [1.29, 1.82) is 0 Å². The van der Waals surface area contributed by atoms with Gasteiger partial charge in [0.25, 0.3) is 0 Å². The first kappa shape index (κ1) is 15.3. The minimum absolute atomic E-state index is 0.0564. The lowest BCUT2D eigenvalue weighted by molar-refractivity contribution is -0.116. The number of hydrogen-bond donors (Lipinski definition) is 1. The fourth-order valence-electron chi connectivity index (χ4n) is 1.44. The van der Waals surface area contributed by atoms with E-state index in [9.17, 15) is 4.79 Å². The number of carbonyl (C=O) groups excluding carboxylic acids is 1. The van der Waals surface area contributed by atoms with Gasteiger partial charge in [-0.25, -0.2) is 4.98 Å². The molecule has 0 radical (unpaired) electrons. The van der Waals surface area contributed by atoms with E-state index in [1.54, 1.807) is 6.07 Å². The summed E-state index contributed by atoms with van der Waals surface area (Å²) in [5.41, 5.74) is 1.48. The number of pyridine rings is 1. The molecule has 0 spiro atoms. The summed E-state index contributed by atoms with van der Waals surface area (Å²) in [4.78, 5) is 15.7. The van der Waals surface area contributed by atoms with Gasteiger partial charge in [-0.3, -0.25) is 4.79 Å². The first-order chi connectivity index (χ1) is 8.19. The summed E-state index contributed by atoms with van der Waals surface area (Å²) >= 11 is 11.7. The second-order valence-corrected chi connectivity index (χ2v) is 6.28. The maximum absolute atomic E-state index is 11.8. The Bertz CT molecular complexity index is 430. The number of nitrogens with one attached hydrogen (secondary N) is 1. The van der Waals surface area contributed by atoms with Gasteiger partial charge in [0.2, 0.25) is 5.91 Å². The highest BCUT2D eigenvalue weighted by atomic mass is 35.5. The summed E-state index contributed by atoms with van der Waals surface area (Å²) in [6.07, 6.45) is 1.28. The second kappa shape index (κ2) is 5.89. The summed E-state index contributed by atoms with van der Waals surface area (Å²) in [6.45, 7) is 8.13. The quantitative estimate of drug-likeness (QED) is 0.835. The minimum atomic E-state index is -0.0564. The summed E-state index contributed by atoms with van der Waals surface area (Å²) in [5, 5.41) is 3.34. The SMILES string of the molecule is Cc1cc(Cl)nc(Cl)c1NC(=O)CCC(C)(C)C. The molecular formula is C13H18Cl2N2O. The van der Waals surface area contributed by atoms with Gasteiger partial charge >= 0.3 is 0 Å². The van der Waals surface area contributed by atoms with Crippen molar-refractivity contribution in [3.05, 3.63) is 21.9 Å². The van der Waals surface area contributed by atoms with Crippen LogP contribution >= 0.6 is 23.2 Å². The predicted octanol–water partition coefficient (Wildman–Crippen LogP) is 4.46. The fourth-order valence-corrected chi connectivity index (χ4v) is 2.01. The van der Waals surface area contributed by atoms with Crippen LogP contribution in [0, 0.1) is 12.3 Å². The Balaban J connectivity index is 2.71. The van der Waals surface area contributed by atoms with E-state index in [1.807, 2.05) is 6.92 Å². The number of nitrogens with zero attached hydrogens (tertiary/aromatic N) is 1. The van der Waals surface area contributed by atoms with Crippen LogP contribution in [0.3, 0.4) is 0 Å². The molecule has 1 heterocycles. The van der Waals surface area contributed by atoms with Crippen LogP contribution in [-0.2, 0) is 4.79 Å². The molecule has 1 N–H and O–H groups in total. The molecule has 0 unspecified atom stereocenters. The van der Waals surface area contributed by atoms with Crippen LogP contribution in [0.2, 0.25) is 10.3 Å². The summed E-state index contributed by atoms with van der Waals surface area (Å²) in [7, 11) is 0. The summed E-state index contributed by atoms with van der Waals surface area (Å²) in [6, 6.07) is 1.67. The highest BCUT2D eigenvalue weighted by Gasteiger charge is 2.15. The first-order valence-corrected chi connectivity index (χ1v) is 6.57. The number of amides is 1. The molecule has 0 aliphatic heterocycles. The molecule has 5 heteroatoms. The molecule has 0 saturated heterocycles. The first-order valence-electron chi connectivity index (χ1n) is 5.81. The van der Waals surface area contributed by atoms with Crippen LogP contribution < -0.4 is 5.32 Å². The molecule has 1 rings (SSSR count). The fraction of sp³-hybridized carbons (Fsp3) is 0.538. The zero-order valence-corrected chi connectivity index (χ0v) is 12.6. The van der Waals surface area contributed by atoms with E-state index in [1.165, 1.54) is 0 Å². The third-order valence-corrected chi connectivity index (χ3v) is 2.97. The maximum Gasteiger partial charge on any atom is 0.224 e. The van der Waals surface area contributed by atoms with Gasteiger partial charge in [-0.15, -0.1) is 0 Å². The van der Waals surface area contributed by atoms with Crippen LogP contribution in [0.1, 0.15) is 39.2 Å². The van der Waals surface area contributed by atoms with Crippen molar-refractivity contribution in [3.63, 3.8) is 0 Å². The van der Waals surface area contributed by atoms with Gasteiger partial charge in [-0.2, -0.15) is 0 Å². The van der Waals surface area contributed by atoms with Gasteiger partial charge in [0.15, 0.2) is 5.15 Å². The Kier molecular flexibility index (Phi) is 5.00. The molecule has 100 valence electrons. The van der Waals surface area contributed by atoms with Crippen molar-refractivity contribution in [2.24, 2.45) is 5.41 Å². The molecule has 3 nitrogen and oxygen atoms in total. The lowest BCUT2D eigenvalue weighted by Crippen LogP contribution is -2.16. The lowest BCUT2D eigenvalue weighted by atomic mass is 9.90. The van der Waals surface area contributed by atoms with E-state index in [-0.39, 0.29) is 16.5 Å².